The van der Waals surface area contributed by atoms with E-state index in [2.05, 4.69) is 10.2 Å². The summed E-state index contributed by atoms with van der Waals surface area (Å²) in [5.74, 6) is 1.45. The van der Waals surface area contributed by atoms with E-state index in [1.807, 2.05) is 77.7 Å². The summed E-state index contributed by atoms with van der Waals surface area (Å²) in [5.41, 5.74) is 5.00. The summed E-state index contributed by atoms with van der Waals surface area (Å²) in [4.78, 5) is 15.4. The standard InChI is InChI=1S/C26H22ClN3O3/c1-32-20-11-3-16(4-12-20)15-30-25(18-7-13-21(33-2)14-8-18)22-23(28-29-24(22)26(30)31)17-5-9-19(27)10-6-17/h3-14,25H,15H2,1-2H3,(H,28,29). The summed E-state index contributed by atoms with van der Waals surface area (Å²) >= 11 is 6.09. The maximum atomic E-state index is 13.5. The molecule has 0 saturated heterocycles. The zero-order chi connectivity index (χ0) is 22.9. The Kier molecular flexibility index (Phi) is 5.52. The third kappa shape index (κ3) is 3.83. The molecule has 0 aliphatic carbocycles. The average molecular weight is 460 g/mol. The zero-order valence-corrected chi connectivity index (χ0v) is 19.0. The summed E-state index contributed by atoms with van der Waals surface area (Å²) in [6, 6.07) is 22.7. The predicted octanol–water partition coefficient (Wildman–Crippen LogP) is 5.49. The molecule has 1 unspecified atom stereocenters. The van der Waals surface area contributed by atoms with Crippen LogP contribution < -0.4 is 9.47 Å². The molecule has 4 aromatic rings. The monoisotopic (exact) mass is 459 g/mol. The molecule has 0 saturated carbocycles. The molecule has 0 spiro atoms. The summed E-state index contributed by atoms with van der Waals surface area (Å²) in [5, 5.41) is 8.14. The van der Waals surface area contributed by atoms with Crippen molar-refractivity contribution in [1.29, 1.82) is 0 Å². The molecule has 0 fully saturated rings. The Balaban J connectivity index is 1.60. The first-order valence-corrected chi connectivity index (χ1v) is 10.9. The van der Waals surface area contributed by atoms with Crippen molar-refractivity contribution in [2.45, 2.75) is 12.6 Å². The molecule has 1 aliphatic rings. The maximum Gasteiger partial charge on any atom is 0.273 e. The number of halogens is 1. The number of aromatic amines is 1. The molecule has 1 atom stereocenters. The van der Waals surface area contributed by atoms with Gasteiger partial charge in [0.25, 0.3) is 5.91 Å². The number of fused-ring (bicyclic) bond motifs is 1. The maximum absolute atomic E-state index is 13.5. The molecule has 1 N–H and O–H groups in total. The third-order valence-corrected chi connectivity index (χ3v) is 6.18. The van der Waals surface area contributed by atoms with Crippen molar-refractivity contribution in [3.05, 3.63) is 100 Å². The number of nitrogens with zero attached hydrogens (tertiary/aromatic N) is 2. The molecular formula is C26H22ClN3O3. The van der Waals surface area contributed by atoms with E-state index in [0.29, 0.717) is 17.3 Å². The zero-order valence-electron chi connectivity index (χ0n) is 18.2. The van der Waals surface area contributed by atoms with E-state index in [1.165, 1.54) is 0 Å². The number of hydrogen-bond acceptors (Lipinski definition) is 4. The first-order chi connectivity index (χ1) is 16.1. The second-order valence-corrected chi connectivity index (χ2v) is 8.26. The van der Waals surface area contributed by atoms with E-state index >= 15 is 0 Å². The number of carbonyl (C=O) groups excluding carboxylic acids is 1. The van der Waals surface area contributed by atoms with Gasteiger partial charge in [-0.25, -0.2) is 0 Å². The highest BCUT2D eigenvalue weighted by molar-refractivity contribution is 6.30. The molecule has 5 rings (SSSR count). The van der Waals surface area contributed by atoms with Gasteiger partial charge in [0.15, 0.2) is 0 Å². The van der Waals surface area contributed by atoms with E-state index < -0.39 is 0 Å². The van der Waals surface area contributed by atoms with Gasteiger partial charge in [0.2, 0.25) is 0 Å². The fourth-order valence-electron chi connectivity index (χ4n) is 4.25. The number of H-pyrrole nitrogens is 1. The Bertz CT molecular complexity index is 1280. The van der Waals surface area contributed by atoms with E-state index in [9.17, 15) is 4.79 Å². The summed E-state index contributed by atoms with van der Waals surface area (Å²) < 4.78 is 10.6. The Morgan fingerprint density at radius 2 is 1.52 bits per heavy atom. The van der Waals surface area contributed by atoms with Crippen LogP contribution in [-0.4, -0.2) is 35.2 Å². The highest BCUT2D eigenvalue weighted by Gasteiger charge is 2.42. The van der Waals surface area contributed by atoms with Crippen molar-refractivity contribution < 1.29 is 14.3 Å². The van der Waals surface area contributed by atoms with Crippen LogP contribution in [0.2, 0.25) is 5.02 Å². The minimum Gasteiger partial charge on any atom is -0.497 e. The smallest absolute Gasteiger partial charge is 0.273 e. The van der Waals surface area contributed by atoms with Gasteiger partial charge in [-0.2, -0.15) is 5.10 Å². The van der Waals surface area contributed by atoms with Gasteiger partial charge < -0.3 is 14.4 Å². The number of ether oxygens (including phenoxy) is 2. The molecule has 0 radical (unpaired) electrons. The van der Waals surface area contributed by atoms with Crippen molar-refractivity contribution in [2.24, 2.45) is 0 Å². The number of rotatable bonds is 6. The lowest BCUT2D eigenvalue weighted by Gasteiger charge is -2.26. The van der Waals surface area contributed by atoms with Crippen LogP contribution in [0.4, 0.5) is 0 Å². The highest BCUT2D eigenvalue weighted by atomic mass is 35.5. The number of aromatic nitrogens is 2. The summed E-state index contributed by atoms with van der Waals surface area (Å²) in [6.45, 7) is 0.447. The van der Waals surface area contributed by atoms with Gasteiger partial charge in [0.05, 0.1) is 26.0 Å². The van der Waals surface area contributed by atoms with Crippen LogP contribution in [0.25, 0.3) is 11.3 Å². The molecule has 7 heteroatoms. The minimum atomic E-state index is -0.301. The van der Waals surface area contributed by atoms with Crippen molar-refractivity contribution in [2.75, 3.05) is 14.2 Å². The molecule has 3 aromatic carbocycles. The topological polar surface area (TPSA) is 67.5 Å². The van der Waals surface area contributed by atoms with Gasteiger partial charge in [-0.15, -0.1) is 0 Å². The first kappa shape index (κ1) is 21.1. The summed E-state index contributed by atoms with van der Waals surface area (Å²) in [6.07, 6.45) is 0. The van der Waals surface area contributed by atoms with Crippen molar-refractivity contribution in [1.82, 2.24) is 15.1 Å². The number of methoxy groups -OCH3 is 2. The van der Waals surface area contributed by atoms with Crippen LogP contribution in [0.5, 0.6) is 11.5 Å². The third-order valence-electron chi connectivity index (χ3n) is 5.92. The average Bonchev–Trinajstić information content (AvgIpc) is 3.39. The Morgan fingerprint density at radius 3 is 2.12 bits per heavy atom. The largest absolute Gasteiger partial charge is 0.497 e. The Morgan fingerprint density at radius 1 is 0.909 bits per heavy atom. The van der Waals surface area contributed by atoms with Crippen LogP contribution >= 0.6 is 11.6 Å². The number of benzene rings is 3. The van der Waals surface area contributed by atoms with Crippen LogP contribution in [0.15, 0.2) is 72.8 Å². The lowest BCUT2D eigenvalue weighted by atomic mass is 9.96. The molecular weight excluding hydrogens is 438 g/mol. The van der Waals surface area contributed by atoms with Crippen LogP contribution in [0, 0.1) is 0 Å². The van der Waals surface area contributed by atoms with Gasteiger partial charge >= 0.3 is 0 Å². The minimum absolute atomic E-state index is 0.0886. The quantitative estimate of drug-likeness (QED) is 0.414. The van der Waals surface area contributed by atoms with Crippen molar-refractivity contribution >= 4 is 17.5 Å². The number of carbonyl (C=O) groups is 1. The van der Waals surface area contributed by atoms with E-state index in [0.717, 1.165) is 39.4 Å². The fraction of sp³-hybridized carbons (Fsp3) is 0.154. The molecule has 2 heterocycles. The predicted molar refractivity (Wildman–Crippen MR) is 127 cm³/mol. The van der Waals surface area contributed by atoms with Gasteiger partial charge in [0.1, 0.15) is 17.2 Å². The second kappa shape index (κ2) is 8.64. The lowest BCUT2D eigenvalue weighted by Crippen LogP contribution is -2.29. The Labute approximate surface area is 196 Å². The molecule has 0 bridgehead atoms. The normalized spacial score (nSPS) is 14.9. The molecule has 33 heavy (non-hydrogen) atoms. The van der Waals surface area contributed by atoms with Crippen LogP contribution in [0.3, 0.4) is 0 Å². The van der Waals surface area contributed by atoms with Gasteiger partial charge in [-0.3, -0.25) is 9.89 Å². The lowest BCUT2D eigenvalue weighted by molar-refractivity contribution is 0.0730. The number of hydrogen-bond donors (Lipinski definition) is 1. The first-order valence-electron chi connectivity index (χ1n) is 10.5. The molecule has 6 nitrogen and oxygen atoms in total. The van der Waals surface area contributed by atoms with Gasteiger partial charge in [-0.05, 0) is 47.5 Å². The number of nitrogens with one attached hydrogen (secondary N) is 1. The second-order valence-electron chi connectivity index (χ2n) is 7.82. The van der Waals surface area contributed by atoms with Crippen LogP contribution in [-0.2, 0) is 6.54 Å². The van der Waals surface area contributed by atoms with E-state index in [4.69, 9.17) is 21.1 Å². The SMILES string of the molecule is COc1ccc(CN2C(=O)c3[nH]nc(-c4ccc(Cl)cc4)c3C2c2ccc(OC)cc2)cc1. The van der Waals surface area contributed by atoms with Gasteiger partial charge in [-0.1, -0.05) is 48.0 Å². The molecule has 1 aromatic heterocycles. The van der Waals surface area contributed by atoms with Gasteiger partial charge in [0, 0.05) is 22.7 Å². The van der Waals surface area contributed by atoms with E-state index in [1.54, 1.807) is 14.2 Å². The van der Waals surface area contributed by atoms with E-state index in [-0.39, 0.29) is 11.9 Å². The summed E-state index contributed by atoms with van der Waals surface area (Å²) in [7, 11) is 3.27. The van der Waals surface area contributed by atoms with Crippen LogP contribution in [0.1, 0.15) is 33.2 Å². The van der Waals surface area contributed by atoms with Crippen molar-refractivity contribution in [3.63, 3.8) is 0 Å². The highest BCUT2D eigenvalue weighted by Crippen LogP contribution is 2.43. The van der Waals surface area contributed by atoms with Crippen molar-refractivity contribution in [3.8, 4) is 22.8 Å². The molecule has 166 valence electrons. The Hall–Kier alpha value is -3.77. The fourth-order valence-corrected chi connectivity index (χ4v) is 4.37. The molecule has 1 aliphatic heterocycles. The number of amides is 1. The molecule has 1 amide bonds.